The second-order valence-corrected chi connectivity index (χ2v) is 2.18. The summed E-state index contributed by atoms with van der Waals surface area (Å²) >= 11 is 0. The minimum atomic E-state index is 0.234. The van der Waals surface area contributed by atoms with E-state index in [4.69, 9.17) is 5.26 Å². The number of nitrogens with zero attached hydrogens (tertiary/aromatic N) is 1. The lowest BCUT2D eigenvalue weighted by atomic mass is 10.1. The van der Waals surface area contributed by atoms with Crippen LogP contribution in [0.2, 0.25) is 0 Å². The maximum absolute atomic E-state index is 8.21. The van der Waals surface area contributed by atoms with Gasteiger partial charge in [-0.3, -0.25) is 0 Å². The van der Waals surface area contributed by atoms with Crippen molar-refractivity contribution in [2.45, 2.75) is 13.3 Å². The minimum Gasteiger partial charge on any atom is -0.198 e. The van der Waals surface area contributed by atoms with E-state index in [1.165, 1.54) is 0 Å². The smallest absolute Gasteiger partial charge is 0.0652 e. The Morgan fingerprint density at radius 3 is 2.57 bits per heavy atom. The van der Waals surface area contributed by atoms with Crippen molar-refractivity contribution in [2.24, 2.45) is 5.92 Å². The van der Waals surface area contributed by atoms with E-state index in [0.717, 1.165) is 12.6 Å². The Morgan fingerprint density at radius 1 is 1.86 bits per heavy atom. The lowest BCUT2D eigenvalue weighted by molar-refractivity contribution is 0.720. The van der Waals surface area contributed by atoms with Gasteiger partial charge in [0.15, 0.2) is 0 Å². The Labute approximate surface area is 46.9 Å². The SMILES string of the molecule is CC(C#N)CCP. The van der Waals surface area contributed by atoms with Crippen molar-refractivity contribution < 1.29 is 0 Å². The lowest BCUT2D eigenvalue weighted by Gasteiger charge is -1.92. The summed E-state index contributed by atoms with van der Waals surface area (Å²) in [4.78, 5) is 0. The van der Waals surface area contributed by atoms with Gasteiger partial charge >= 0.3 is 0 Å². The van der Waals surface area contributed by atoms with Crippen LogP contribution in [0.1, 0.15) is 13.3 Å². The van der Waals surface area contributed by atoms with Gasteiger partial charge in [-0.15, -0.1) is 9.24 Å². The number of nitriles is 1. The van der Waals surface area contributed by atoms with E-state index in [0.29, 0.717) is 0 Å². The van der Waals surface area contributed by atoms with Gasteiger partial charge in [-0.2, -0.15) is 5.26 Å². The molecule has 0 rings (SSSR count). The van der Waals surface area contributed by atoms with E-state index in [9.17, 15) is 0 Å². The summed E-state index contributed by atoms with van der Waals surface area (Å²) < 4.78 is 0. The molecule has 0 N–H and O–H groups in total. The number of rotatable bonds is 2. The first kappa shape index (κ1) is 6.92. The summed E-state index contributed by atoms with van der Waals surface area (Å²) in [6.07, 6.45) is 2.04. The molecule has 2 heteroatoms. The molecule has 0 aromatic rings. The molecule has 7 heavy (non-hydrogen) atoms. The molecule has 40 valence electrons. The van der Waals surface area contributed by atoms with Crippen LogP contribution in [0.25, 0.3) is 0 Å². The van der Waals surface area contributed by atoms with Gasteiger partial charge in [0.05, 0.1) is 6.07 Å². The maximum Gasteiger partial charge on any atom is 0.0652 e. The lowest BCUT2D eigenvalue weighted by Crippen LogP contribution is -1.88. The third-order valence-corrected chi connectivity index (χ3v) is 1.15. The van der Waals surface area contributed by atoms with Gasteiger partial charge in [0, 0.05) is 5.92 Å². The second kappa shape index (κ2) is 4.09. The standard InChI is InChI=1S/C5H10NP/c1-5(4-6)2-3-7/h5H,2-3,7H2,1H3. The third kappa shape index (κ3) is 3.76. The molecule has 0 aliphatic rings. The first-order valence-corrected chi connectivity index (χ1v) is 3.22. The highest BCUT2D eigenvalue weighted by Crippen LogP contribution is 2.00. The zero-order valence-electron chi connectivity index (χ0n) is 4.52. The monoisotopic (exact) mass is 115 g/mol. The van der Waals surface area contributed by atoms with E-state index in [1.807, 2.05) is 6.92 Å². The van der Waals surface area contributed by atoms with E-state index < -0.39 is 0 Å². The fraction of sp³-hybridized carbons (Fsp3) is 0.800. The molecule has 0 saturated carbocycles. The molecule has 0 heterocycles. The first-order chi connectivity index (χ1) is 3.31. The third-order valence-electron chi connectivity index (χ3n) is 0.820. The van der Waals surface area contributed by atoms with Crippen LogP contribution in [0.4, 0.5) is 0 Å². The molecular formula is C5H10NP. The van der Waals surface area contributed by atoms with Gasteiger partial charge in [-0.25, -0.2) is 0 Å². The average molecular weight is 115 g/mol. The summed E-state index contributed by atoms with van der Waals surface area (Å²) in [6, 6.07) is 2.15. The average Bonchev–Trinajstić information content (AvgIpc) is 1.68. The summed E-state index contributed by atoms with van der Waals surface area (Å²) in [6.45, 7) is 1.93. The van der Waals surface area contributed by atoms with Crippen LogP contribution in [-0.2, 0) is 0 Å². The van der Waals surface area contributed by atoms with Gasteiger partial charge in [0.2, 0.25) is 0 Å². The molecule has 0 bridgehead atoms. The minimum absolute atomic E-state index is 0.234. The van der Waals surface area contributed by atoms with Crippen LogP contribution in [0.15, 0.2) is 0 Å². The Balaban J connectivity index is 3.04. The molecule has 0 amide bonds. The zero-order chi connectivity index (χ0) is 5.70. The summed E-state index contributed by atoms with van der Waals surface area (Å²) in [5, 5.41) is 8.21. The van der Waals surface area contributed by atoms with Crippen molar-refractivity contribution in [3.8, 4) is 6.07 Å². The molecule has 0 fully saturated rings. The van der Waals surface area contributed by atoms with Gasteiger partial charge in [-0.1, -0.05) is 0 Å². The highest BCUT2D eigenvalue weighted by molar-refractivity contribution is 7.16. The topological polar surface area (TPSA) is 23.8 Å². The van der Waals surface area contributed by atoms with Crippen molar-refractivity contribution in [2.75, 3.05) is 6.16 Å². The van der Waals surface area contributed by atoms with Gasteiger partial charge in [-0.05, 0) is 19.5 Å². The molecule has 1 nitrogen and oxygen atoms in total. The molecule has 0 aliphatic carbocycles. The van der Waals surface area contributed by atoms with Crippen molar-refractivity contribution in [1.29, 1.82) is 5.26 Å². The predicted molar refractivity (Wildman–Crippen MR) is 34.0 cm³/mol. The Bertz CT molecular complexity index is 74.6. The molecule has 2 unspecified atom stereocenters. The first-order valence-electron chi connectivity index (χ1n) is 2.41. The molecule has 0 spiro atoms. The van der Waals surface area contributed by atoms with Gasteiger partial charge in [0.1, 0.15) is 0 Å². The van der Waals surface area contributed by atoms with Crippen LogP contribution in [0.5, 0.6) is 0 Å². The van der Waals surface area contributed by atoms with Crippen LogP contribution in [0, 0.1) is 17.2 Å². The van der Waals surface area contributed by atoms with Crippen molar-refractivity contribution >= 4 is 9.24 Å². The van der Waals surface area contributed by atoms with E-state index in [2.05, 4.69) is 15.3 Å². The van der Waals surface area contributed by atoms with Crippen LogP contribution < -0.4 is 0 Å². The summed E-state index contributed by atoms with van der Waals surface area (Å²) in [5.41, 5.74) is 0. The molecule has 0 aromatic carbocycles. The zero-order valence-corrected chi connectivity index (χ0v) is 5.67. The van der Waals surface area contributed by atoms with E-state index >= 15 is 0 Å². The largest absolute Gasteiger partial charge is 0.198 e. The van der Waals surface area contributed by atoms with Crippen LogP contribution in [-0.4, -0.2) is 6.16 Å². The normalized spacial score (nSPS) is 12.7. The Kier molecular flexibility index (Phi) is 4.04. The van der Waals surface area contributed by atoms with Gasteiger partial charge in [0.25, 0.3) is 0 Å². The molecule has 0 radical (unpaired) electrons. The molecule has 0 saturated heterocycles. The highest BCUT2D eigenvalue weighted by atomic mass is 31.0. The van der Waals surface area contributed by atoms with E-state index in [-0.39, 0.29) is 5.92 Å². The van der Waals surface area contributed by atoms with Crippen molar-refractivity contribution in [1.82, 2.24) is 0 Å². The molecule has 0 aromatic heterocycles. The number of hydrogen-bond donors (Lipinski definition) is 0. The maximum atomic E-state index is 8.21. The fourth-order valence-electron chi connectivity index (χ4n) is 0.315. The molecule has 0 aliphatic heterocycles. The van der Waals surface area contributed by atoms with Crippen LogP contribution >= 0.6 is 9.24 Å². The quantitative estimate of drug-likeness (QED) is 0.499. The summed E-state index contributed by atoms with van der Waals surface area (Å²) in [7, 11) is 2.60. The second-order valence-electron chi connectivity index (χ2n) is 1.61. The van der Waals surface area contributed by atoms with Gasteiger partial charge < -0.3 is 0 Å². The highest BCUT2D eigenvalue weighted by Gasteiger charge is 1.92. The number of hydrogen-bond acceptors (Lipinski definition) is 1. The summed E-state index contributed by atoms with van der Waals surface area (Å²) in [5.74, 6) is 0.234. The van der Waals surface area contributed by atoms with Crippen LogP contribution in [0.3, 0.4) is 0 Å². The Morgan fingerprint density at radius 2 is 2.43 bits per heavy atom. The van der Waals surface area contributed by atoms with E-state index in [1.54, 1.807) is 0 Å². The fourth-order valence-corrected chi connectivity index (χ4v) is 0.815. The van der Waals surface area contributed by atoms with Crippen molar-refractivity contribution in [3.63, 3.8) is 0 Å². The van der Waals surface area contributed by atoms with Crippen molar-refractivity contribution in [3.05, 3.63) is 0 Å². The Hall–Kier alpha value is -0.0800. The molecule has 2 atom stereocenters. The predicted octanol–water partition coefficient (Wildman–Crippen LogP) is 1.41. The molecular weight excluding hydrogens is 105 g/mol.